The third-order valence-electron chi connectivity index (χ3n) is 2.33. The Morgan fingerprint density at radius 1 is 1.50 bits per heavy atom. The molecule has 4 heteroatoms. The largest absolute Gasteiger partial charge is 0.352 e. The number of nitrogens with one attached hydrogen (secondary N) is 1. The minimum atomic E-state index is -0.242. The van der Waals surface area contributed by atoms with Gasteiger partial charge in [-0.3, -0.25) is 4.79 Å². The summed E-state index contributed by atoms with van der Waals surface area (Å²) in [5.41, 5.74) is 6.67. The highest BCUT2D eigenvalue weighted by Crippen LogP contribution is 2.08. The zero-order valence-corrected chi connectivity index (χ0v) is 9.42. The Bertz CT molecular complexity index is 366. The predicted molar refractivity (Wildman–Crippen MR) is 61.3 cm³/mol. The molecule has 0 unspecified atom stereocenters. The molecule has 0 saturated heterocycles. The van der Waals surface area contributed by atoms with Crippen molar-refractivity contribution in [2.45, 2.75) is 26.3 Å². The molecule has 0 atom stereocenters. The van der Waals surface area contributed by atoms with E-state index >= 15 is 0 Å². The van der Waals surface area contributed by atoms with Crippen LogP contribution in [0.5, 0.6) is 0 Å². The minimum absolute atomic E-state index is 0.0496. The molecule has 0 radical (unpaired) electrons. The van der Waals surface area contributed by atoms with Gasteiger partial charge in [-0.15, -0.1) is 0 Å². The molecule has 0 bridgehead atoms. The van der Waals surface area contributed by atoms with Crippen LogP contribution in [0.2, 0.25) is 0 Å². The van der Waals surface area contributed by atoms with Crippen LogP contribution in [-0.4, -0.2) is 12.5 Å². The molecule has 0 aliphatic carbocycles. The molecule has 1 aromatic rings. The molecule has 88 valence electrons. The number of aryl methyl sites for hydroxylation is 1. The fraction of sp³-hybridized carbons (Fsp3) is 0.417. The number of rotatable bonds is 5. The SMILES string of the molecule is Cc1ccc(CNC(=O)CCCN)cc1F. The molecule has 1 aromatic carbocycles. The maximum Gasteiger partial charge on any atom is 0.220 e. The van der Waals surface area contributed by atoms with Crippen molar-refractivity contribution >= 4 is 5.91 Å². The summed E-state index contributed by atoms with van der Waals surface area (Å²) in [7, 11) is 0. The summed E-state index contributed by atoms with van der Waals surface area (Å²) in [6.07, 6.45) is 1.10. The molecular formula is C12H17FN2O. The van der Waals surface area contributed by atoms with Crippen molar-refractivity contribution in [1.29, 1.82) is 0 Å². The number of benzene rings is 1. The van der Waals surface area contributed by atoms with Gasteiger partial charge in [-0.25, -0.2) is 4.39 Å². The van der Waals surface area contributed by atoms with Gasteiger partial charge in [0.1, 0.15) is 5.82 Å². The Hall–Kier alpha value is -1.42. The summed E-state index contributed by atoms with van der Waals surface area (Å²) >= 11 is 0. The van der Waals surface area contributed by atoms with Gasteiger partial charge < -0.3 is 11.1 Å². The standard InChI is InChI=1S/C12H17FN2O/c1-9-4-5-10(7-11(9)13)8-15-12(16)3-2-6-14/h4-5,7H,2-3,6,8,14H2,1H3,(H,15,16). The van der Waals surface area contributed by atoms with Gasteiger partial charge in [0.25, 0.3) is 0 Å². The number of carbonyl (C=O) groups excluding carboxylic acids is 1. The van der Waals surface area contributed by atoms with Crippen LogP contribution in [0.3, 0.4) is 0 Å². The van der Waals surface area contributed by atoms with E-state index in [9.17, 15) is 9.18 Å². The van der Waals surface area contributed by atoms with Gasteiger partial charge >= 0.3 is 0 Å². The van der Waals surface area contributed by atoms with Crippen LogP contribution < -0.4 is 11.1 Å². The summed E-state index contributed by atoms with van der Waals surface area (Å²) in [5, 5.41) is 2.72. The van der Waals surface area contributed by atoms with Gasteiger partial charge in [0.15, 0.2) is 0 Å². The van der Waals surface area contributed by atoms with Crippen molar-refractivity contribution in [2.24, 2.45) is 5.73 Å². The van der Waals surface area contributed by atoms with E-state index in [0.29, 0.717) is 31.5 Å². The maximum atomic E-state index is 13.2. The maximum absolute atomic E-state index is 13.2. The van der Waals surface area contributed by atoms with Crippen LogP contribution >= 0.6 is 0 Å². The van der Waals surface area contributed by atoms with Crippen molar-refractivity contribution < 1.29 is 9.18 Å². The first kappa shape index (κ1) is 12.6. The molecule has 0 aliphatic heterocycles. The fourth-order valence-corrected chi connectivity index (χ4v) is 1.30. The zero-order valence-electron chi connectivity index (χ0n) is 9.42. The molecule has 0 fully saturated rings. The Labute approximate surface area is 94.8 Å². The van der Waals surface area contributed by atoms with Gasteiger partial charge in [-0.2, -0.15) is 0 Å². The average Bonchev–Trinajstić information content (AvgIpc) is 2.28. The zero-order chi connectivity index (χ0) is 12.0. The number of nitrogens with two attached hydrogens (primary N) is 1. The lowest BCUT2D eigenvalue weighted by molar-refractivity contribution is -0.121. The van der Waals surface area contributed by atoms with E-state index in [1.807, 2.05) is 6.07 Å². The normalized spacial score (nSPS) is 10.2. The van der Waals surface area contributed by atoms with Crippen molar-refractivity contribution in [3.8, 4) is 0 Å². The molecule has 1 rings (SSSR count). The summed E-state index contributed by atoms with van der Waals surface area (Å²) in [5.74, 6) is -0.292. The van der Waals surface area contributed by atoms with Crippen LogP contribution in [0.15, 0.2) is 18.2 Å². The Balaban J connectivity index is 2.42. The van der Waals surface area contributed by atoms with Gasteiger partial charge in [-0.1, -0.05) is 12.1 Å². The number of hydrogen-bond donors (Lipinski definition) is 2. The van der Waals surface area contributed by atoms with E-state index < -0.39 is 0 Å². The monoisotopic (exact) mass is 224 g/mol. The van der Waals surface area contributed by atoms with E-state index in [-0.39, 0.29) is 11.7 Å². The highest BCUT2D eigenvalue weighted by atomic mass is 19.1. The molecule has 3 nitrogen and oxygen atoms in total. The lowest BCUT2D eigenvalue weighted by Crippen LogP contribution is -2.23. The summed E-state index contributed by atoms with van der Waals surface area (Å²) < 4.78 is 13.2. The molecule has 0 aliphatic rings. The van der Waals surface area contributed by atoms with Crippen LogP contribution in [0, 0.1) is 12.7 Å². The first-order valence-corrected chi connectivity index (χ1v) is 5.35. The molecule has 0 aromatic heterocycles. The van der Waals surface area contributed by atoms with E-state index in [0.717, 1.165) is 5.56 Å². The summed E-state index contributed by atoms with van der Waals surface area (Å²) in [4.78, 5) is 11.3. The molecule has 0 saturated carbocycles. The number of hydrogen-bond acceptors (Lipinski definition) is 2. The highest BCUT2D eigenvalue weighted by molar-refractivity contribution is 5.75. The van der Waals surface area contributed by atoms with Crippen LogP contribution in [0.25, 0.3) is 0 Å². The topological polar surface area (TPSA) is 55.1 Å². The van der Waals surface area contributed by atoms with Gasteiger partial charge in [0, 0.05) is 13.0 Å². The van der Waals surface area contributed by atoms with E-state index in [2.05, 4.69) is 5.32 Å². The van der Waals surface area contributed by atoms with Crippen molar-refractivity contribution in [1.82, 2.24) is 5.32 Å². The second-order valence-corrected chi connectivity index (χ2v) is 3.75. The molecule has 3 N–H and O–H groups in total. The lowest BCUT2D eigenvalue weighted by atomic mass is 10.1. The van der Waals surface area contributed by atoms with E-state index in [4.69, 9.17) is 5.73 Å². The highest BCUT2D eigenvalue weighted by Gasteiger charge is 2.02. The minimum Gasteiger partial charge on any atom is -0.352 e. The van der Waals surface area contributed by atoms with Gasteiger partial charge in [0.2, 0.25) is 5.91 Å². The lowest BCUT2D eigenvalue weighted by Gasteiger charge is -2.05. The predicted octanol–water partition coefficient (Wildman–Crippen LogP) is 1.49. The molecule has 1 amide bonds. The van der Waals surface area contributed by atoms with Crippen LogP contribution in [-0.2, 0) is 11.3 Å². The quantitative estimate of drug-likeness (QED) is 0.796. The molecular weight excluding hydrogens is 207 g/mol. The third kappa shape index (κ3) is 3.98. The smallest absolute Gasteiger partial charge is 0.220 e. The number of amides is 1. The number of halogens is 1. The average molecular weight is 224 g/mol. The van der Waals surface area contributed by atoms with Crippen molar-refractivity contribution in [3.63, 3.8) is 0 Å². The van der Waals surface area contributed by atoms with Gasteiger partial charge in [0.05, 0.1) is 0 Å². The molecule has 0 heterocycles. The summed E-state index contributed by atoms with van der Waals surface area (Å²) in [6.45, 7) is 2.58. The van der Waals surface area contributed by atoms with E-state index in [1.165, 1.54) is 6.07 Å². The first-order valence-electron chi connectivity index (χ1n) is 5.35. The van der Waals surface area contributed by atoms with Crippen molar-refractivity contribution in [2.75, 3.05) is 6.54 Å². The third-order valence-corrected chi connectivity index (χ3v) is 2.33. The second-order valence-electron chi connectivity index (χ2n) is 3.75. The Morgan fingerprint density at radius 2 is 2.25 bits per heavy atom. The fourth-order valence-electron chi connectivity index (χ4n) is 1.30. The summed E-state index contributed by atoms with van der Waals surface area (Å²) in [6, 6.07) is 4.96. The van der Waals surface area contributed by atoms with E-state index in [1.54, 1.807) is 13.0 Å². The Morgan fingerprint density at radius 3 is 2.88 bits per heavy atom. The Kier molecular flexibility index (Phi) is 4.92. The first-order chi connectivity index (χ1) is 7.63. The number of carbonyl (C=O) groups is 1. The second kappa shape index (κ2) is 6.23. The van der Waals surface area contributed by atoms with Crippen molar-refractivity contribution in [3.05, 3.63) is 35.1 Å². The van der Waals surface area contributed by atoms with Crippen LogP contribution in [0.1, 0.15) is 24.0 Å². The molecule has 0 spiro atoms. The van der Waals surface area contributed by atoms with Gasteiger partial charge in [-0.05, 0) is 37.1 Å². The molecule has 16 heavy (non-hydrogen) atoms. The van der Waals surface area contributed by atoms with Crippen LogP contribution in [0.4, 0.5) is 4.39 Å².